The molecule has 0 saturated heterocycles. The minimum atomic E-state index is -3.31. The molecule has 0 aliphatic heterocycles. The van der Waals surface area contributed by atoms with Gasteiger partial charge in [0.25, 0.3) is 7.52 Å². The van der Waals surface area contributed by atoms with E-state index in [0.29, 0.717) is 5.69 Å². The summed E-state index contributed by atoms with van der Waals surface area (Å²) in [5, 5.41) is 2.78. The zero-order valence-corrected chi connectivity index (χ0v) is 10.7. The quantitative estimate of drug-likeness (QED) is 0.752. The van der Waals surface area contributed by atoms with E-state index in [1.165, 1.54) is 0 Å². The van der Waals surface area contributed by atoms with Crippen molar-refractivity contribution >= 4 is 7.52 Å². The number of hydrogen-bond acceptors (Lipinski definition) is 2. The van der Waals surface area contributed by atoms with Crippen LogP contribution < -0.4 is 5.09 Å². The predicted molar refractivity (Wildman–Crippen MR) is 65.3 cm³/mol. The molecule has 0 bridgehead atoms. The molecule has 0 amide bonds. The van der Waals surface area contributed by atoms with Gasteiger partial charge in [-0.3, -0.25) is 9.55 Å². The molecule has 2 atom stereocenters. The van der Waals surface area contributed by atoms with E-state index in [1.807, 2.05) is 13.0 Å². The highest BCUT2D eigenvalue weighted by Crippen LogP contribution is 2.40. The fourth-order valence-corrected chi connectivity index (χ4v) is 3.13. The topological polar surface area (TPSA) is 62.2 Å². The van der Waals surface area contributed by atoms with Gasteiger partial charge in [-0.25, -0.2) is 5.09 Å². The summed E-state index contributed by atoms with van der Waals surface area (Å²) in [4.78, 5) is 13.8. The Morgan fingerprint density at radius 2 is 2.31 bits per heavy atom. The Labute approximate surface area is 96.6 Å². The van der Waals surface area contributed by atoms with E-state index in [-0.39, 0.29) is 12.2 Å². The van der Waals surface area contributed by atoms with E-state index in [1.54, 1.807) is 18.3 Å². The first-order chi connectivity index (χ1) is 7.53. The van der Waals surface area contributed by atoms with E-state index < -0.39 is 7.52 Å². The molecule has 0 saturated carbocycles. The number of pyridine rings is 1. The van der Waals surface area contributed by atoms with Crippen molar-refractivity contribution in [2.45, 2.75) is 38.9 Å². The summed E-state index contributed by atoms with van der Waals surface area (Å²) in [6.07, 6.45) is 3.61. The summed E-state index contributed by atoms with van der Waals surface area (Å²) in [6, 6.07) is 5.43. The van der Waals surface area contributed by atoms with Crippen molar-refractivity contribution in [2.24, 2.45) is 0 Å². The molecule has 0 spiro atoms. The van der Waals surface area contributed by atoms with Crippen LogP contribution in [0.25, 0.3) is 0 Å². The van der Waals surface area contributed by atoms with Crippen molar-refractivity contribution in [1.82, 2.24) is 10.1 Å². The second-order valence-corrected chi connectivity index (χ2v) is 5.98. The molecule has 4 nitrogen and oxygen atoms in total. The molecule has 90 valence electrons. The van der Waals surface area contributed by atoms with Gasteiger partial charge in [-0.15, -0.1) is 0 Å². The van der Waals surface area contributed by atoms with Crippen LogP contribution in [0.1, 0.15) is 32.4 Å². The molecule has 1 rings (SSSR count). The van der Waals surface area contributed by atoms with E-state index in [0.717, 1.165) is 12.8 Å². The molecule has 2 N–H and O–H groups in total. The second kappa shape index (κ2) is 6.14. The van der Waals surface area contributed by atoms with Gasteiger partial charge in [0.05, 0.1) is 11.9 Å². The van der Waals surface area contributed by atoms with Crippen LogP contribution >= 0.6 is 7.52 Å². The Hall–Kier alpha value is -0.700. The average molecular weight is 242 g/mol. The zero-order valence-electron chi connectivity index (χ0n) is 9.76. The van der Waals surface area contributed by atoms with Crippen molar-refractivity contribution in [2.75, 3.05) is 0 Å². The highest BCUT2D eigenvalue weighted by molar-refractivity contribution is 7.55. The van der Waals surface area contributed by atoms with Crippen molar-refractivity contribution in [3.05, 3.63) is 30.1 Å². The van der Waals surface area contributed by atoms with Gasteiger partial charge in [0.1, 0.15) is 0 Å². The smallest absolute Gasteiger partial charge is 0.273 e. The van der Waals surface area contributed by atoms with Crippen molar-refractivity contribution < 1.29 is 9.46 Å². The molecule has 1 aromatic rings. The van der Waals surface area contributed by atoms with Crippen molar-refractivity contribution in [1.29, 1.82) is 0 Å². The lowest BCUT2D eigenvalue weighted by Gasteiger charge is -2.18. The Morgan fingerprint density at radius 1 is 1.56 bits per heavy atom. The Bertz CT molecular complexity index is 356. The lowest BCUT2D eigenvalue weighted by Crippen LogP contribution is -2.23. The Balaban J connectivity index is 2.55. The molecular formula is C11H19N2O2P. The molecule has 0 aliphatic carbocycles. The van der Waals surface area contributed by atoms with Crippen LogP contribution in [-0.2, 0) is 10.7 Å². The predicted octanol–water partition coefficient (Wildman–Crippen LogP) is 2.55. The number of hydrogen-bond donors (Lipinski definition) is 2. The summed E-state index contributed by atoms with van der Waals surface area (Å²) in [6.45, 7) is 3.98. The monoisotopic (exact) mass is 242 g/mol. The van der Waals surface area contributed by atoms with Crippen LogP contribution in [0.3, 0.4) is 0 Å². The number of aromatic nitrogens is 1. The van der Waals surface area contributed by atoms with Crippen LogP contribution in [0.15, 0.2) is 24.4 Å². The molecule has 0 aromatic carbocycles. The Morgan fingerprint density at radius 3 is 2.88 bits per heavy atom. The number of nitrogens with one attached hydrogen (secondary N) is 1. The van der Waals surface area contributed by atoms with Crippen LogP contribution in [0, 0.1) is 0 Å². The van der Waals surface area contributed by atoms with Crippen LogP contribution in [-0.4, -0.2) is 15.9 Å². The SMILES string of the molecule is CCCC(C)NP(=O)(O)Cc1ccccn1. The second-order valence-electron chi connectivity index (χ2n) is 4.00. The molecule has 0 fully saturated rings. The fraction of sp³-hybridized carbons (Fsp3) is 0.545. The van der Waals surface area contributed by atoms with Gasteiger partial charge in [-0.1, -0.05) is 19.4 Å². The van der Waals surface area contributed by atoms with Gasteiger partial charge in [0, 0.05) is 12.2 Å². The first-order valence-electron chi connectivity index (χ1n) is 5.53. The van der Waals surface area contributed by atoms with Crippen LogP contribution in [0.2, 0.25) is 0 Å². The molecule has 0 radical (unpaired) electrons. The molecule has 1 aromatic heterocycles. The summed E-state index contributed by atoms with van der Waals surface area (Å²) in [5.41, 5.74) is 0.643. The third-order valence-electron chi connectivity index (χ3n) is 2.25. The standard InChI is InChI=1S/C11H19N2O2P/c1-3-6-10(2)13-16(14,15)9-11-7-4-5-8-12-11/h4-5,7-8,10H,3,6,9H2,1-2H3,(H2,13,14,15). The zero-order chi connectivity index (χ0) is 12.0. The maximum absolute atomic E-state index is 11.9. The summed E-state index contributed by atoms with van der Waals surface area (Å²) in [7, 11) is -3.31. The first-order valence-corrected chi connectivity index (χ1v) is 7.37. The van der Waals surface area contributed by atoms with Gasteiger partial charge in [-0.05, 0) is 25.5 Å². The van der Waals surface area contributed by atoms with Gasteiger partial charge in [0.15, 0.2) is 0 Å². The lowest BCUT2D eigenvalue weighted by atomic mass is 10.2. The summed E-state index contributed by atoms with van der Waals surface area (Å²) < 4.78 is 11.9. The highest BCUT2D eigenvalue weighted by Gasteiger charge is 2.21. The largest absolute Gasteiger partial charge is 0.333 e. The third-order valence-corrected chi connectivity index (χ3v) is 3.84. The lowest BCUT2D eigenvalue weighted by molar-refractivity contribution is 0.443. The minimum Gasteiger partial charge on any atom is -0.333 e. The maximum atomic E-state index is 11.9. The van der Waals surface area contributed by atoms with Gasteiger partial charge in [0.2, 0.25) is 0 Å². The van der Waals surface area contributed by atoms with E-state index in [4.69, 9.17) is 0 Å². The van der Waals surface area contributed by atoms with E-state index in [2.05, 4.69) is 17.0 Å². The van der Waals surface area contributed by atoms with Crippen LogP contribution in [0.4, 0.5) is 0 Å². The fourth-order valence-electron chi connectivity index (χ4n) is 1.60. The number of nitrogens with zero attached hydrogens (tertiary/aromatic N) is 1. The molecule has 0 aliphatic rings. The van der Waals surface area contributed by atoms with Gasteiger partial charge in [-0.2, -0.15) is 0 Å². The normalized spacial score (nSPS) is 16.7. The third kappa shape index (κ3) is 4.88. The van der Waals surface area contributed by atoms with E-state index >= 15 is 0 Å². The summed E-state index contributed by atoms with van der Waals surface area (Å²) in [5.74, 6) is 0. The maximum Gasteiger partial charge on any atom is 0.273 e. The van der Waals surface area contributed by atoms with E-state index in [9.17, 15) is 9.46 Å². The highest BCUT2D eigenvalue weighted by atomic mass is 31.2. The molecule has 5 heteroatoms. The van der Waals surface area contributed by atoms with Gasteiger partial charge >= 0.3 is 0 Å². The van der Waals surface area contributed by atoms with Crippen molar-refractivity contribution in [3.8, 4) is 0 Å². The average Bonchev–Trinajstić information content (AvgIpc) is 2.17. The van der Waals surface area contributed by atoms with Crippen LogP contribution in [0.5, 0.6) is 0 Å². The molecular weight excluding hydrogens is 223 g/mol. The van der Waals surface area contributed by atoms with Gasteiger partial charge < -0.3 is 4.89 Å². The van der Waals surface area contributed by atoms with Crippen molar-refractivity contribution in [3.63, 3.8) is 0 Å². The molecule has 16 heavy (non-hydrogen) atoms. The molecule has 2 unspecified atom stereocenters. The summed E-state index contributed by atoms with van der Waals surface area (Å²) >= 11 is 0. The first kappa shape index (κ1) is 13.4. The molecule has 1 heterocycles. The Kier molecular flexibility index (Phi) is 5.13. The number of rotatable bonds is 6. The minimum absolute atomic E-state index is 0.0598.